The summed E-state index contributed by atoms with van der Waals surface area (Å²) in [5.41, 5.74) is 3.61. The molecule has 1 amide bonds. The summed E-state index contributed by atoms with van der Waals surface area (Å²) in [6.07, 6.45) is 10.6. The summed E-state index contributed by atoms with van der Waals surface area (Å²) in [4.78, 5) is 27.4. The number of pyridine rings is 1. The molecule has 2 aromatic rings. The van der Waals surface area contributed by atoms with Gasteiger partial charge in [-0.2, -0.15) is 0 Å². The van der Waals surface area contributed by atoms with Crippen LogP contribution in [0.2, 0.25) is 0 Å². The van der Waals surface area contributed by atoms with Crippen molar-refractivity contribution in [1.82, 2.24) is 10.3 Å². The molecule has 3 aliphatic rings. The second-order valence-corrected chi connectivity index (χ2v) is 8.77. The third-order valence-electron chi connectivity index (χ3n) is 6.41. The van der Waals surface area contributed by atoms with Gasteiger partial charge in [-0.25, -0.2) is 0 Å². The fourth-order valence-electron chi connectivity index (χ4n) is 4.58. The molecule has 1 aromatic carbocycles. The first-order valence-corrected chi connectivity index (χ1v) is 11.2. The first kappa shape index (κ1) is 19.2. The normalized spacial score (nSPS) is 22.3. The summed E-state index contributed by atoms with van der Waals surface area (Å²) in [6.45, 7) is 0. The van der Waals surface area contributed by atoms with Gasteiger partial charge >= 0.3 is 0 Å². The van der Waals surface area contributed by atoms with Crippen molar-refractivity contribution in [3.05, 3.63) is 69.6 Å². The number of carbonyl (C=O) groups is 1. The Kier molecular flexibility index (Phi) is 5.19. The molecule has 156 valence electrons. The quantitative estimate of drug-likeness (QED) is 0.755. The van der Waals surface area contributed by atoms with Crippen molar-refractivity contribution in [1.29, 1.82) is 0 Å². The van der Waals surface area contributed by atoms with E-state index < -0.39 is 0 Å². The number of rotatable bonds is 6. The number of hydrogen-bond acceptors (Lipinski definition) is 3. The number of hydrogen-bond donors (Lipinski definition) is 2. The van der Waals surface area contributed by atoms with Crippen LogP contribution in [0, 0.1) is 0 Å². The summed E-state index contributed by atoms with van der Waals surface area (Å²) in [5.74, 6) is 1.38. The molecule has 0 radical (unpaired) electrons. The standard InChI is InChI=1S/C25H28N2O3/c28-24-14-9-18(26-24)15-22(23-13-12-21(16-5-6-16)25(29)27-23)17-7-10-20(11-8-17)30-19-3-1-2-4-19/h7-8,10-13,15-16,18-19H,1-6,9,14H2,(H,26,28)(H,27,29)/b22-15-/t18-/m1/s1. The van der Waals surface area contributed by atoms with Crippen LogP contribution < -0.4 is 15.6 Å². The first-order chi connectivity index (χ1) is 14.7. The van der Waals surface area contributed by atoms with Crippen LogP contribution in [0.5, 0.6) is 5.75 Å². The van der Waals surface area contributed by atoms with Gasteiger partial charge in [-0.15, -0.1) is 0 Å². The van der Waals surface area contributed by atoms with E-state index in [0.717, 1.165) is 60.2 Å². The molecule has 5 rings (SSSR count). The number of aromatic amines is 1. The topological polar surface area (TPSA) is 71.2 Å². The minimum Gasteiger partial charge on any atom is -0.490 e. The van der Waals surface area contributed by atoms with Gasteiger partial charge in [0, 0.05) is 29.3 Å². The number of benzene rings is 1. The molecule has 30 heavy (non-hydrogen) atoms. The van der Waals surface area contributed by atoms with Crippen LogP contribution >= 0.6 is 0 Å². The molecule has 0 spiro atoms. The van der Waals surface area contributed by atoms with Gasteiger partial charge in [0.15, 0.2) is 0 Å². The largest absolute Gasteiger partial charge is 0.490 e. The van der Waals surface area contributed by atoms with Gasteiger partial charge in [0.25, 0.3) is 5.56 Å². The molecule has 5 heteroatoms. The molecule has 0 bridgehead atoms. The molecule has 1 aliphatic heterocycles. The molecule has 0 unspecified atom stereocenters. The third-order valence-corrected chi connectivity index (χ3v) is 6.41. The van der Waals surface area contributed by atoms with Gasteiger partial charge in [-0.1, -0.05) is 24.3 Å². The Hall–Kier alpha value is -2.82. The second-order valence-electron chi connectivity index (χ2n) is 8.77. The summed E-state index contributed by atoms with van der Waals surface area (Å²) >= 11 is 0. The summed E-state index contributed by atoms with van der Waals surface area (Å²) in [7, 11) is 0. The lowest BCUT2D eigenvalue weighted by atomic mass is 9.98. The van der Waals surface area contributed by atoms with Crippen LogP contribution in [0.4, 0.5) is 0 Å². The fourth-order valence-corrected chi connectivity index (χ4v) is 4.58. The van der Waals surface area contributed by atoms with Crippen molar-refractivity contribution in [2.45, 2.75) is 69.4 Å². The molecule has 2 heterocycles. The van der Waals surface area contributed by atoms with Crippen molar-refractivity contribution >= 4 is 11.5 Å². The lowest BCUT2D eigenvalue weighted by molar-refractivity contribution is -0.119. The van der Waals surface area contributed by atoms with Crippen molar-refractivity contribution in [2.24, 2.45) is 0 Å². The molecule has 3 fully saturated rings. The lowest BCUT2D eigenvalue weighted by Crippen LogP contribution is -2.23. The zero-order valence-electron chi connectivity index (χ0n) is 17.2. The van der Waals surface area contributed by atoms with Crippen LogP contribution in [0.1, 0.15) is 74.1 Å². The molecule has 1 atom stereocenters. The summed E-state index contributed by atoms with van der Waals surface area (Å²) in [5, 5.41) is 3.01. The van der Waals surface area contributed by atoms with Crippen molar-refractivity contribution in [3.63, 3.8) is 0 Å². The Morgan fingerprint density at radius 3 is 2.33 bits per heavy atom. The number of amides is 1. The average molecular weight is 405 g/mol. The molecular formula is C25H28N2O3. The molecule has 2 aliphatic carbocycles. The molecule has 2 N–H and O–H groups in total. The van der Waals surface area contributed by atoms with Crippen LogP contribution in [-0.4, -0.2) is 23.0 Å². The van der Waals surface area contributed by atoms with Crippen LogP contribution in [0.25, 0.3) is 5.57 Å². The van der Waals surface area contributed by atoms with E-state index in [0.29, 0.717) is 18.4 Å². The smallest absolute Gasteiger partial charge is 0.251 e. The van der Waals surface area contributed by atoms with E-state index in [-0.39, 0.29) is 17.5 Å². The minimum absolute atomic E-state index is 0.00227. The maximum atomic E-state index is 12.6. The van der Waals surface area contributed by atoms with Gasteiger partial charge in [0.2, 0.25) is 5.91 Å². The number of carbonyl (C=O) groups excluding carboxylic acids is 1. The SMILES string of the molecule is O=C1CC[C@H](/C=C(/c2ccc(OC3CCCC3)cc2)c2ccc(C3CC3)c(=O)[nH]2)N1. The van der Waals surface area contributed by atoms with E-state index in [1.165, 1.54) is 12.8 Å². The van der Waals surface area contributed by atoms with Crippen LogP contribution in [0.3, 0.4) is 0 Å². The lowest BCUT2D eigenvalue weighted by Gasteiger charge is -2.15. The maximum Gasteiger partial charge on any atom is 0.251 e. The predicted molar refractivity (Wildman–Crippen MR) is 117 cm³/mol. The van der Waals surface area contributed by atoms with E-state index in [1.54, 1.807) is 0 Å². The van der Waals surface area contributed by atoms with Crippen LogP contribution in [-0.2, 0) is 4.79 Å². The monoisotopic (exact) mass is 404 g/mol. The average Bonchev–Trinajstić information content (AvgIpc) is 3.30. The van der Waals surface area contributed by atoms with Gasteiger partial charge in [0.1, 0.15) is 5.75 Å². The van der Waals surface area contributed by atoms with Crippen molar-refractivity contribution < 1.29 is 9.53 Å². The first-order valence-electron chi connectivity index (χ1n) is 11.2. The highest BCUT2D eigenvalue weighted by atomic mass is 16.5. The molecule has 1 aromatic heterocycles. The predicted octanol–water partition coefficient (Wildman–Crippen LogP) is 4.28. The Labute approximate surface area is 176 Å². The number of nitrogens with one attached hydrogen (secondary N) is 2. The van der Waals surface area contributed by atoms with E-state index in [1.807, 2.05) is 36.4 Å². The Bertz CT molecular complexity index is 1010. The zero-order chi connectivity index (χ0) is 20.5. The second kappa shape index (κ2) is 8.13. The Morgan fingerprint density at radius 1 is 0.933 bits per heavy atom. The zero-order valence-corrected chi connectivity index (χ0v) is 17.2. The summed E-state index contributed by atoms with van der Waals surface area (Å²) in [6, 6.07) is 12.0. The van der Waals surface area contributed by atoms with Gasteiger partial charge < -0.3 is 15.0 Å². The number of aromatic nitrogens is 1. The summed E-state index contributed by atoms with van der Waals surface area (Å²) < 4.78 is 6.10. The highest BCUT2D eigenvalue weighted by Crippen LogP contribution is 2.38. The Balaban J connectivity index is 1.45. The van der Waals surface area contributed by atoms with Crippen LogP contribution in [0.15, 0.2) is 47.3 Å². The fraction of sp³-hybridized carbons (Fsp3) is 0.440. The Morgan fingerprint density at radius 2 is 1.70 bits per heavy atom. The third kappa shape index (κ3) is 4.20. The highest BCUT2D eigenvalue weighted by Gasteiger charge is 2.27. The van der Waals surface area contributed by atoms with E-state index in [9.17, 15) is 9.59 Å². The number of H-pyrrole nitrogens is 1. The molecule has 5 nitrogen and oxygen atoms in total. The van der Waals surface area contributed by atoms with Crippen molar-refractivity contribution in [2.75, 3.05) is 0 Å². The van der Waals surface area contributed by atoms with E-state index >= 15 is 0 Å². The van der Waals surface area contributed by atoms with Gasteiger partial charge in [-0.05, 0) is 74.6 Å². The highest BCUT2D eigenvalue weighted by molar-refractivity contribution is 5.82. The van der Waals surface area contributed by atoms with E-state index in [4.69, 9.17) is 4.74 Å². The van der Waals surface area contributed by atoms with E-state index in [2.05, 4.69) is 16.4 Å². The van der Waals surface area contributed by atoms with Gasteiger partial charge in [-0.3, -0.25) is 9.59 Å². The molecular weight excluding hydrogens is 376 g/mol. The van der Waals surface area contributed by atoms with Gasteiger partial charge in [0.05, 0.1) is 6.10 Å². The maximum absolute atomic E-state index is 12.6. The molecule has 1 saturated heterocycles. The number of ether oxygens (including phenoxy) is 1. The molecule has 2 saturated carbocycles. The van der Waals surface area contributed by atoms with Crippen molar-refractivity contribution in [3.8, 4) is 5.75 Å². The minimum atomic E-state index is -0.0199.